The third-order valence-corrected chi connectivity index (χ3v) is 4.38. The molecule has 2 aliphatic rings. The van der Waals surface area contributed by atoms with Gasteiger partial charge in [-0.25, -0.2) is 5.01 Å². The second-order valence-electron chi connectivity index (χ2n) is 5.48. The van der Waals surface area contributed by atoms with E-state index in [0.717, 1.165) is 22.5 Å². The third-order valence-electron chi connectivity index (χ3n) is 4.13. The van der Waals surface area contributed by atoms with Crippen molar-refractivity contribution in [3.8, 4) is 0 Å². The number of nitrogens with two attached hydrogens (primary N) is 1. The quantitative estimate of drug-likeness (QED) is 0.739. The van der Waals surface area contributed by atoms with Gasteiger partial charge in [-0.1, -0.05) is 29.8 Å². The minimum Gasteiger partial charge on any atom is -0.492 e. The zero-order valence-corrected chi connectivity index (χ0v) is 13.7. The number of para-hydroxylation sites is 1. The zero-order valence-electron chi connectivity index (χ0n) is 12.9. The predicted molar refractivity (Wildman–Crippen MR) is 96.0 cm³/mol. The number of nitrogens with zero attached hydrogens (tertiary/aromatic N) is 2. The lowest BCUT2D eigenvalue weighted by Gasteiger charge is -2.30. The van der Waals surface area contributed by atoms with Gasteiger partial charge in [-0.05, 0) is 37.3 Å². The first-order chi connectivity index (χ1) is 11.1. The average molecular weight is 345 g/mol. The summed E-state index contributed by atoms with van der Waals surface area (Å²) >= 11 is 5.94. The Morgan fingerprint density at radius 1 is 1.04 bits per heavy atom. The van der Waals surface area contributed by atoms with Gasteiger partial charge in [-0.2, -0.15) is 0 Å². The molecule has 0 aliphatic carbocycles. The highest BCUT2D eigenvalue weighted by Gasteiger charge is 2.37. The summed E-state index contributed by atoms with van der Waals surface area (Å²) in [5, 5.41) is 14.8. The molecule has 0 saturated carbocycles. The molecule has 6 nitrogen and oxygen atoms in total. The monoisotopic (exact) mass is 344 g/mol. The van der Waals surface area contributed by atoms with Crippen LogP contribution in [0.5, 0.6) is 0 Å². The highest BCUT2D eigenvalue weighted by molar-refractivity contribution is 6.30. The van der Waals surface area contributed by atoms with E-state index in [1.54, 1.807) is 17.1 Å². The summed E-state index contributed by atoms with van der Waals surface area (Å²) in [7, 11) is 0. The minimum absolute atomic E-state index is 0. The SMILES string of the molecule is CC1=C(N)c2ccccc2N2NN(c3ccc(Cl)cc3)C(O)=C12.O. The van der Waals surface area contributed by atoms with Crippen LogP contribution >= 0.6 is 11.6 Å². The van der Waals surface area contributed by atoms with E-state index in [4.69, 9.17) is 17.3 Å². The number of hydrazine groups is 2. The van der Waals surface area contributed by atoms with Gasteiger partial charge in [0, 0.05) is 21.9 Å². The van der Waals surface area contributed by atoms with Gasteiger partial charge in [0.15, 0.2) is 0 Å². The van der Waals surface area contributed by atoms with E-state index >= 15 is 0 Å². The Morgan fingerprint density at radius 3 is 2.42 bits per heavy atom. The molecule has 6 N–H and O–H groups in total. The second-order valence-corrected chi connectivity index (χ2v) is 5.91. The summed E-state index contributed by atoms with van der Waals surface area (Å²) in [6.07, 6.45) is 0. The molecular weight excluding hydrogens is 328 g/mol. The van der Waals surface area contributed by atoms with Gasteiger partial charge in [0.25, 0.3) is 0 Å². The van der Waals surface area contributed by atoms with Gasteiger partial charge < -0.3 is 16.3 Å². The van der Waals surface area contributed by atoms with Gasteiger partial charge in [0.1, 0.15) is 5.70 Å². The summed E-state index contributed by atoms with van der Waals surface area (Å²) in [6.45, 7) is 1.90. The van der Waals surface area contributed by atoms with Crippen LogP contribution < -0.4 is 21.3 Å². The van der Waals surface area contributed by atoms with Gasteiger partial charge in [-0.3, -0.25) is 5.01 Å². The Kier molecular flexibility index (Phi) is 3.88. The van der Waals surface area contributed by atoms with Gasteiger partial charge in [0.2, 0.25) is 5.88 Å². The molecule has 7 heteroatoms. The molecule has 2 aromatic rings. The molecule has 0 aromatic heterocycles. The number of rotatable bonds is 1. The fourth-order valence-electron chi connectivity index (χ4n) is 2.91. The van der Waals surface area contributed by atoms with Crippen molar-refractivity contribution in [1.29, 1.82) is 0 Å². The van der Waals surface area contributed by atoms with E-state index in [9.17, 15) is 5.11 Å². The predicted octanol–water partition coefficient (Wildman–Crippen LogP) is 2.69. The highest BCUT2D eigenvalue weighted by Crippen LogP contribution is 2.41. The summed E-state index contributed by atoms with van der Waals surface area (Å²) in [5.41, 5.74) is 14.2. The number of benzene rings is 2. The van der Waals surface area contributed by atoms with E-state index in [1.807, 2.05) is 48.3 Å². The zero-order chi connectivity index (χ0) is 16.1. The summed E-state index contributed by atoms with van der Waals surface area (Å²) in [5.74, 6) is 0.0993. The molecular formula is C17H17ClN4O2. The van der Waals surface area contributed by atoms with Gasteiger partial charge in [0.05, 0.1) is 11.4 Å². The van der Waals surface area contributed by atoms with E-state index < -0.39 is 0 Å². The number of allylic oxidation sites excluding steroid dienone is 1. The normalized spacial score (nSPS) is 16.1. The van der Waals surface area contributed by atoms with Gasteiger partial charge >= 0.3 is 0 Å². The topological polar surface area (TPSA) is 96.3 Å². The Bertz CT molecular complexity index is 861. The number of nitrogens with one attached hydrogen (secondary N) is 1. The molecule has 0 amide bonds. The van der Waals surface area contributed by atoms with Crippen LogP contribution in [0.1, 0.15) is 12.5 Å². The van der Waals surface area contributed by atoms with Crippen LogP contribution in [-0.2, 0) is 0 Å². The number of anilines is 2. The smallest absolute Gasteiger partial charge is 0.234 e. The number of aliphatic hydroxyl groups excluding tert-OH is 1. The molecule has 4 rings (SSSR count). The second kappa shape index (κ2) is 5.76. The van der Waals surface area contributed by atoms with Crippen LogP contribution in [-0.4, -0.2) is 10.6 Å². The largest absolute Gasteiger partial charge is 0.492 e. The molecule has 124 valence electrons. The van der Waals surface area contributed by atoms with Crippen LogP contribution in [0.15, 0.2) is 65.7 Å². The molecule has 2 heterocycles. The molecule has 2 aliphatic heterocycles. The van der Waals surface area contributed by atoms with Crippen molar-refractivity contribution in [3.05, 3.63) is 76.3 Å². The first kappa shape index (κ1) is 16.2. The van der Waals surface area contributed by atoms with Crippen LogP contribution in [0.3, 0.4) is 0 Å². The number of fused-ring (bicyclic) bond motifs is 3. The third kappa shape index (κ3) is 2.20. The van der Waals surface area contributed by atoms with E-state index in [0.29, 0.717) is 16.4 Å². The van der Waals surface area contributed by atoms with Gasteiger partial charge in [-0.15, -0.1) is 5.53 Å². The number of aliphatic hydroxyl groups is 1. The Labute approximate surface area is 144 Å². The van der Waals surface area contributed by atoms with Crippen LogP contribution in [0.4, 0.5) is 11.4 Å². The van der Waals surface area contributed by atoms with E-state index in [2.05, 4.69) is 5.53 Å². The molecule has 0 radical (unpaired) electrons. The first-order valence-electron chi connectivity index (χ1n) is 7.19. The highest BCUT2D eigenvalue weighted by atomic mass is 35.5. The maximum Gasteiger partial charge on any atom is 0.234 e. The maximum atomic E-state index is 10.7. The minimum atomic E-state index is 0. The van der Waals surface area contributed by atoms with Crippen LogP contribution in [0.2, 0.25) is 5.02 Å². The lowest BCUT2D eigenvalue weighted by atomic mass is 9.99. The molecule has 0 saturated heterocycles. The molecule has 2 aromatic carbocycles. The number of hydrogen-bond donors (Lipinski definition) is 3. The van der Waals surface area contributed by atoms with E-state index in [1.165, 1.54) is 0 Å². The Hall–Kier alpha value is -2.67. The van der Waals surface area contributed by atoms with Crippen molar-refractivity contribution in [2.45, 2.75) is 6.92 Å². The van der Waals surface area contributed by atoms with Crippen molar-refractivity contribution in [2.75, 3.05) is 10.0 Å². The standard InChI is InChI=1S/C17H15ClN4O.H2O/c1-10-15(19)13-4-2-3-5-14(13)22-16(10)17(23)21(20-22)12-8-6-11(18)7-9-12;/h2-9,20,23H,19H2,1H3;1H2. The summed E-state index contributed by atoms with van der Waals surface area (Å²) in [4.78, 5) is 0. The molecule has 0 fully saturated rings. The Balaban J connectivity index is 0.00000169. The number of hydrogen-bond acceptors (Lipinski definition) is 5. The molecule has 0 spiro atoms. The van der Waals surface area contributed by atoms with E-state index in [-0.39, 0.29) is 11.4 Å². The fourth-order valence-corrected chi connectivity index (χ4v) is 3.04. The van der Waals surface area contributed by atoms with Crippen LogP contribution in [0, 0.1) is 0 Å². The van der Waals surface area contributed by atoms with Crippen molar-refractivity contribution < 1.29 is 10.6 Å². The summed E-state index contributed by atoms with van der Waals surface area (Å²) < 4.78 is 0. The molecule has 0 bridgehead atoms. The average Bonchev–Trinajstić information content (AvgIpc) is 2.91. The Morgan fingerprint density at radius 2 is 1.71 bits per heavy atom. The number of halogens is 1. The maximum absolute atomic E-state index is 10.7. The van der Waals surface area contributed by atoms with Crippen LogP contribution in [0.25, 0.3) is 5.70 Å². The van der Waals surface area contributed by atoms with Crippen molar-refractivity contribution in [3.63, 3.8) is 0 Å². The molecule has 0 unspecified atom stereocenters. The summed E-state index contributed by atoms with van der Waals surface area (Å²) in [6, 6.07) is 15.0. The lowest BCUT2D eigenvalue weighted by molar-refractivity contribution is 0.388. The van der Waals surface area contributed by atoms with Crippen molar-refractivity contribution in [2.24, 2.45) is 5.73 Å². The fraction of sp³-hybridized carbons (Fsp3) is 0.0588. The van der Waals surface area contributed by atoms with Crippen molar-refractivity contribution >= 4 is 28.7 Å². The first-order valence-corrected chi connectivity index (χ1v) is 7.57. The molecule has 24 heavy (non-hydrogen) atoms. The molecule has 0 atom stereocenters. The lowest BCUT2D eigenvalue weighted by Crippen LogP contribution is -2.43. The van der Waals surface area contributed by atoms with Crippen molar-refractivity contribution in [1.82, 2.24) is 5.53 Å².